The Hall–Kier alpha value is -1.83. The van der Waals surface area contributed by atoms with Gasteiger partial charge in [-0.25, -0.2) is 4.79 Å². The maximum atomic E-state index is 12.0. The molecule has 1 aromatic rings. The van der Waals surface area contributed by atoms with Crippen molar-refractivity contribution in [2.24, 2.45) is 0 Å². The molecule has 0 saturated carbocycles. The summed E-state index contributed by atoms with van der Waals surface area (Å²) in [6, 6.07) is 4.55. The number of nitrogens with zero attached hydrogens (tertiary/aromatic N) is 1. The van der Waals surface area contributed by atoms with Crippen molar-refractivity contribution in [3.63, 3.8) is 0 Å². The number of halogens is 1. The third kappa shape index (κ3) is 6.53. The molecule has 1 aromatic carbocycles. The van der Waals surface area contributed by atoms with E-state index in [1.807, 2.05) is 13.8 Å². The summed E-state index contributed by atoms with van der Waals surface area (Å²) in [4.78, 5) is 26.2. The molecule has 138 valence electrons. The number of anilines is 1. The quantitative estimate of drug-likeness (QED) is 0.716. The van der Waals surface area contributed by atoms with E-state index in [9.17, 15) is 9.59 Å². The van der Waals surface area contributed by atoms with Crippen molar-refractivity contribution in [1.29, 1.82) is 0 Å². The van der Waals surface area contributed by atoms with E-state index in [1.54, 1.807) is 18.2 Å². The number of rotatable bonds is 6. The van der Waals surface area contributed by atoms with E-state index in [2.05, 4.69) is 20.9 Å². The summed E-state index contributed by atoms with van der Waals surface area (Å²) < 4.78 is 5.28. The van der Waals surface area contributed by atoms with Crippen LogP contribution in [0.5, 0.6) is 0 Å². The van der Waals surface area contributed by atoms with Crippen molar-refractivity contribution >= 4 is 29.2 Å². The fourth-order valence-corrected chi connectivity index (χ4v) is 2.71. The molecule has 1 fully saturated rings. The molecule has 3 N–H and O–H groups in total. The molecule has 0 bridgehead atoms. The Balaban J connectivity index is 1.80. The summed E-state index contributed by atoms with van der Waals surface area (Å²) >= 11 is 6.15. The summed E-state index contributed by atoms with van der Waals surface area (Å²) in [6.45, 7) is 8.34. The summed E-state index contributed by atoms with van der Waals surface area (Å²) in [5, 5.41) is 8.60. The molecule has 25 heavy (non-hydrogen) atoms. The van der Waals surface area contributed by atoms with E-state index >= 15 is 0 Å². The van der Waals surface area contributed by atoms with Crippen LogP contribution in [0.1, 0.15) is 24.2 Å². The first-order chi connectivity index (χ1) is 12.0. The maximum absolute atomic E-state index is 12.0. The fourth-order valence-electron chi connectivity index (χ4n) is 2.44. The molecule has 0 aliphatic carbocycles. The normalized spacial score (nSPS) is 15.0. The van der Waals surface area contributed by atoms with Crippen LogP contribution in [0, 0.1) is 0 Å². The number of morpholine rings is 1. The average molecular weight is 369 g/mol. The molecule has 8 heteroatoms. The standard InChI is InChI=1S/C17H25ClN4O3/c1-12(2)20-16(23)14-4-3-13(11-15(14)18)21-17(24)19-5-6-22-7-9-25-10-8-22/h3-4,11-12H,5-10H2,1-2H3,(H,20,23)(H2,19,21,24). The number of carbonyl (C=O) groups is 2. The van der Waals surface area contributed by atoms with Gasteiger partial charge in [0.05, 0.1) is 23.8 Å². The minimum atomic E-state index is -0.302. The predicted molar refractivity (Wildman–Crippen MR) is 98.3 cm³/mol. The monoisotopic (exact) mass is 368 g/mol. The number of hydrogen-bond donors (Lipinski definition) is 3. The van der Waals surface area contributed by atoms with Gasteiger partial charge in [-0.05, 0) is 32.0 Å². The van der Waals surface area contributed by atoms with Crippen LogP contribution < -0.4 is 16.0 Å². The Morgan fingerprint density at radius 3 is 2.64 bits per heavy atom. The third-order valence-corrected chi connectivity index (χ3v) is 4.02. The highest BCUT2D eigenvalue weighted by atomic mass is 35.5. The van der Waals surface area contributed by atoms with E-state index in [-0.39, 0.29) is 18.0 Å². The third-order valence-electron chi connectivity index (χ3n) is 3.71. The SMILES string of the molecule is CC(C)NC(=O)c1ccc(NC(=O)NCCN2CCOCC2)cc1Cl. The van der Waals surface area contributed by atoms with Crippen LogP contribution in [-0.2, 0) is 4.74 Å². The lowest BCUT2D eigenvalue weighted by molar-refractivity contribution is 0.0388. The summed E-state index contributed by atoms with van der Waals surface area (Å²) in [7, 11) is 0. The Labute approximate surface area is 153 Å². The van der Waals surface area contributed by atoms with E-state index in [0.717, 1.165) is 32.8 Å². The highest BCUT2D eigenvalue weighted by Gasteiger charge is 2.13. The molecular formula is C17H25ClN4O3. The zero-order valence-corrected chi connectivity index (χ0v) is 15.4. The first-order valence-corrected chi connectivity index (χ1v) is 8.79. The number of urea groups is 1. The van der Waals surface area contributed by atoms with Gasteiger partial charge in [0.2, 0.25) is 0 Å². The van der Waals surface area contributed by atoms with Gasteiger partial charge in [-0.3, -0.25) is 9.69 Å². The average Bonchev–Trinajstić information content (AvgIpc) is 2.55. The second-order valence-corrected chi connectivity index (χ2v) is 6.56. The number of benzene rings is 1. The first-order valence-electron chi connectivity index (χ1n) is 8.41. The van der Waals surface area contributed by atoms with E-state index < -0.39 is 0 Å². The van der Waals surface area contributed by atoms with Crippen LogP contribution in [0.2, 0.25) is 5.02 Å². The van der Waals surface area contributed by atoms with Crippen molar-refractivity contribution in [2.45, 2.75) is 19.9 Å². The molecule has 0 unspecified atom stereocenters. The topological polar surface area (TPSA) is 82.7 Å². The van der Waals surface area contributed by atoms with Gasteiger partial charge < -0.3 is 20.7 Å². The van der Waals surface area contributed by atoms with Gasteiger partial charge in [0.15, 0.2) is 0 Å². The molecule has 3 amide bonds. The van der Waals surface area contributed by atoms with Crippen LogP contribution in [-0.4, -0.2) is 62.3 Å². The first kappa shape index (κ1) is 19.5. The molecule has 0 aromatic heterocycles. The Morgan fingerprint density at radius 1 is 1.28 bits per heavy atom. The van der Waals surface area contributed by atoms with Crippen molar-refractivity contribution in [3.8, 4) is 0 Å². The van der Waals surface area contributed by atoms with Crippen LogP contribution in [0.4, 0.5) is 10.5 Å². The highest BCUT2D eigenvalue weighted by Crippen LogP contribution is 2.21. The lowest BCUT2D eigenvalue weighted by atomic mass is 10.2. The van der Waals surface area contributed by atoms with Crippen molar-refractivity contribution < 1.29 is 14.3 Å². The number of carbonyl (C=O) groups excluding carboxylic acids is 2. The Bertz CT molecular complexity index is 604. The van der Waals surface area contributed by atoms with Crippen LogP contribution >= 0.6 is 11.6 Å². The van der Waals surface area contributed by atoms with E-state index in [1.165, 1.54) is 0 Å². The maximum Gasteiger partial charge on any atom is 0.319 e. The van der Waals surface area contributed by atoms with Gasteiger partial charge in [-0.15, -0.1) is 0 Å². The molecule has 0 spiro atoms. The second kappa shape index (κ2) is 9.60. The number of hydrogen-bond acceptors (Lipinski definition) is 4. The fraction of sp³-hybridized carbons (Fsp3) is 0.529. The molecule has 1 heterocycles. The van der Waals surface area contributed by atoms with Gasteiger partial charge in [-0.2, -0.15) is 0 Å². The highest BCUT2D eigenvalue weighted by molar-refractivity contribution is 6.34. The zero-order chi connectivity index (χ0) is 18.2. The molecular weight excluding hydrogens is 344 g/mol. The minimum absolute atomic E-state index is 0.0265. The summed E-state index contributed by atoms with van der Waals surface area (Å²) in [6.07, 6.45) is 0. The molecule has 0 radical (unpaired) electrons. The minimum Gasteiger partial charge on any atom is -0.379 e. The lowest BCUT2D eigenvalue weighted by Crippen LogP contribution is -2.42. The van der Waals surface area contributed by atoms with Gasteiger partial charge in [-0.1, -0.05) is 11.6 Å². The second-order valence-electron chi connectivity index (χ2n) is 6.16. The number of amides is 3. The zero-order valence-electron chi connectivity index (χ0n) is 14.6. The lowest BCUT2D eigenvalue weighted by Gasteiger charge is -2.26. The van der Waals surface area contributed by atoms with E-state index in [4.69, 9.17) is 16.3 Å². The van der Waals surface area contributed by atoms with Crippen molar-refractivity contribution in [3.05, 3.63) is 28.8 Å². The molecule has 0 atom stereocenters. The summed E-state index contributed by atoms with van der Waals surface area (Å²) in [5.74, 6) is -0.235. The van der Waals surface area contributed by atoms with Crippen molar-refractivity contribution in [2.75, 3.05) is 44.7 Å². The summed E-state index contributed by atoms with van der Waals surface area (Å²) in [5.41, 5.74) is 0.920. The molecule has 2 rings (SSSR count). The van der Waals surface area contributed by atoms with E-state index in [0.29, 0.717) is 22.8 Å². The van der Waals surface area contributed by atoms with Gasteiger partial charge >= 0.3 is 6.03 Å². The number of ether oxygens (including phenoxy) is 1. The van der Waals surface area contributed by atoms with Crippen LogP contribution in [0.25, 0.3) is 0 Å². The predicted octanol–water partition coefficient (Wildman–Crippen LogP) is 1.93. The van der Waals surface area contributed by atoms with Crippen LogP contribution in [0.15, 0.2) is 18.2 Å². The van der Waals surface area contributed by atoms with Gasteiger partial charge in [0.25, 0.3) is 5.91 Å². The van der Waals surface area contributed by atoms with Crippen LogP contribution in [0.3, 0.4) is 0 Å². The molecule has 7 nitrogen and oxygen atoms in total. The van der Waals surface area contributed by atoms with Gasteiger partial charge in [0, 0.05) is 37.9 Å². The van der Waals surface area contributed by atoms with Crippen molar-refractivity contribution in [1.82, 2.24) is 15.5 Å². The Kier molecular flexibility index (Phi) is 7.49. The largest absolute Gasteiger partial charge is 0.379 e. The molecule has 1 aliphatic rings. The van der Waals surface area contributed by atoms with Gasteiger partial charge in [0.1, 0.15) is 0 Å². The Morgan fingerprint density at radius 2 is 2.00 bits per heavy atom. The smallest absolute Gasteiger partial charge is 0.319 e. The number of nitrogens with one attached hydrogen (secondary N) is 3. The molecule has 1 saturated heterocycles. The molecule has 1 aliphatic heterocycles.